The summed E-state index contributed by atoms with van der Waals surface area (Å²) in [6.07, 6.45) is 0. The van der Waals surface area contributed by atoms with Crippen LogP contribution in [0, 0.1) is 0 Å². The molecule has 2 aromatic rings. The van der Waals surface area contributed by atoms with E-state index in [9.17, 15) is 4.79 Å². The summed E-state index contributed by atoms with van der Waals surface area (Å²) in [5, 5.41) is 5.46. The molecule has 1 aliphatic rings. The number of carbonyl (C=O) groups excluding carboxylic acids is 1. The van der Waals surface area contributed by atoms with E-state index >= 15 is 0 Å². The lowest BCUT2D eigenvalue weighted by Crippen LogP contribution is -2.19. The zero-order chi connectivity index (χ0) is 16.2. The lowest BCUT2D eigenvalue weighted by atomic mass is 10.2. The lowest BCUT2D eigenvalue weighted by Gasteiger charge is -2.11. The average Bonchev–Trinajstić information content (AvgIpc) is 3.02. The predicted molar refractivity (Wildman–Crippen MR) is 84.8 cm³/mol. The Kier molecular flexibility index (Phi) is 4.09. The largest absolute Gasteiger partial charge is 0.493 e. The number of hydrogen-bond acceptors (Lipinski definition) is 5. The third kappa shape index (κ3) is 3.23. The quantitative estimate of drug-likeness (QED) is 0.906. The molecule has 23 heavy (non-hydrogen) atoms. The van der Waals surface area contributed by atoms with Crippen LogP contribution in [0.25, 0.3) is 0 Å². The fourth-order valence-electron chi connectivity index (χ4n) is 2.18. The number of urea groups is 1. The molecule has 0 unspecified atom stereocenters. The van der Waals surface area contributed by atoms with Gasteiger partial charge in [0.1, 0.15) is 0 Å². The monoisotopic (exact) mass is 316 g/mol. The first-order valence-corrected chi connectivity index (χ1v) is 6.89. The Morgan fingerprint density at radius 1 is 0.913 bits per heavy atom. The summed E-state index contributed by atoms with van der Waals surface area (Å²) in [7, 11) is 3.09. The van der Waals surface area contributed by atoms with Crippen molar-refractivity contribution in [2.24, 2.45) is 0 Å². The summed E-state index contributed by atoms with van der Waals surface area (Å²) < 4.78 is 20.9. The second kappa shape index (κ2) is 6.35. The lowest BCUT2D eigenvalue weighted by molar-refractivity contribution is 0.174. The highest BCUT2D eigenvalue weighted by atomic mass is 16.7. The first-order chi connectivity index (χ1) is 11.2. The van der Waals surface area contributed by atoms with Crippen LogP contribution >= 0.6 is 0 Å². The van der Waals surface area contributed by atoms with Crippen molar-refractivity contribution in [3.05, 3.63) is 36.4 Å². The fourth-order valence-corrected chi connectivity index (χ4v) is 2.18. The molecule has 120 valence electrons. The van der Waals surface area contributed by atoms with Gasteiger partial charge in [0.05, 0.1) is 14.2 Å². The van der Waals surface area contributed by atoms with Crippen molar-refractivity contribution in [2.45, 2.75) is 0 Å². The number of methoxy groups -OCH3 is 2. The summed E-state index contributed by atoms with van der Waals surface area (Å²) >= 11 is 0. The fraction of sp³-hybridized carbons (Fsp3) is 0.188. The molecule has 1 heterocycles. The molecule has 7 nitrogen and oxygen atoms in total. The van der Waals surface area contributed by atoms with Crippen molar-refractivity contribution in [3.63, 3.8) is 0 Å². The highest BCUT2D eigenvalue weighted by molar-refractivity contribution is 6.00. The van der Waals surface area contributed by atoms with E-state index < -0.39 is 0 Å². The summed E-state index contributed by atoms with van der Waals surface area (Å²) in [6, 6.07) is 9.93. The van der Waals surface area contributed by atoms with Gasteiger partial charge in [-0.2, -0.15) is 0 Å². The number of carbonyl (C=O) groups is 1. The zero-order valence-electron chi connectivity index (χ0n) is 12.7. The third-order valence-corrected chi connectivity index (χ3v) is 3.27. The molecule has 0 fully saturated rings. The molecule has 2 amide bonds. The topological polar surface area (TPSA) is 78.1 Å². The molecule has 0 atom stereocenters. The molecule has 0 bridgehead atoms. The summed E-state index contributed by atoms with van der Waals surface area (Å²) in [5.74, 6) is 2.40. The second-order valence-electron chi connectivity index (χ2n) is 4.72. The smallest absolute Gasteiger partial charge is 0.323 e. The molecule has 0 saturated heterocycles. The number of amides is 2. The van der Waals surface area contributed by atoms with E-state index in [-0.39, 0.29) is 12.8 Å². The minimum absolute atomic E-state index is 0.191. The molecule has 7 heteroatoms. The van der Waals surface area contributed by atoms with E-state index in [0.717, 1.165) is 0 Å². The predicted octanol–water partition coefficient (Wildman–Crippen LogP) is 3.08. The van der Waals surface area contributed by atoms with Gasteiger partial charge in [-0.1, -0.05) is 0 Å². The highest BCUT2D eigenvalue weighted by Gasteiger charge is 2.14. The highest BCUT2D eigenvalue weighted by Crippen LogP contribution is 2.34. The van der Waals surface area contributed by atoms with Gasteiger partial charge in [0.15, 0.2) is 23.0 Å². The zero-order valence-corrected chi connectivity index (χ0v) is 12.7. The van der Waals surface area contributed by atoms with E-state index in [1.807, 2.05) is 0 Å². The van der Waals surface area contributed by atoms with Crippen LogP contribution in [0.1, 0.15) is 0 Å². The Hall–Kier alpha value is -3.09. The molecule has 2 N–H and O–H groups in total. The van der Waals surface area contributed by atoms with Gasteiger partial charge in [0, 0.05) is 23.5 Å². The number of hydrogen-bond donors (Lipinski definition) is 2. The number of fused-ring (bicyclic) bond motifs is 1. The van der Waals surface area contributed by atoms with Crippen LogP contribution in [0.5, 0.6) is 23.0 Å². The van der Waals surface area contributed by atoms with Gasteiger partial charge in [0.2, 0.25) is 6.79 Å². The van der Waals surface area contributed by atoms with Gasteiger partial charge in [0.25, 0.3) is 0 Å². The normalized spacial score (nSPS) is 11.7. The van der Waals surface area contributed by atoms with Crippen LogP contribution in [0.15, 0.2) is 36.4 Å². The maximum absolute atomic E-state index is 12.1. The van der Waals surface area contributed by atoms with Gasteiger partial charge in [-0.25, -0.2) is 4.79 Å². The van der Waals surface area contributed by atoms with Crippen LogP contribution in [0.4, 0.5) is 16.2 Å². The Balaban J connectivity index is 1.67. The maximum atomic E-state index is 12.1. The number of rotatable bonds is 4. The summed E-state index contributed by atoms with van der Waals surface area (Å²) in [5.41, 5.74) is 1.19. The van der Waals surface area contributed by atoms with E-state index in [1.165, 1.54) is 7.11 Å². The molecule has 0 aromatic heterocycles. The van der Waals surface area contributed by atoms with Crippen molar-refractivity contribution in [2.75, 3.05) is 31.6 Å². The van der Waals surface area contributed by atoms with Gasteiger partial charge in [-0.15, -0.1) is 0 Å². The maximum Gasteiger partial charge on any atom is 0.323 e. The molecule has 2 aromatic carbocycles. The van der Waals surface area contributed by atoms with E-state index in [4.69, 9.17) is 18.9 Å². The summed E-state index contributed by atoms with van der Waals surface area (Å²) in [6.45, 7) is 0.191. The molecule has 0 spiro atoms. The summed E-state index contributed by atoms with van der Waals surface area (Å²) in [4.78, 5) is 12.1. The second-order valence-corrected chi connectivity index (χ2v) is 4.72. The molecule has 0 aliphatic carbocycles. The SMILES string of the molecule is COc1ccc(NC(=O)Nc2ccc3c(c2)OCO3)cc1OC. The molecule has 0 saturated carbocycles. The number of benzene rings is 2. The number of ether oxygens (including phenoxy) is 4. The van der Waals surface area contributed by atoms with Gasteiger partial charge >= 0.3 is 6.03 Å². The third-order valence-electron chi connectivity index (χ3n) is 3.27. The average molecular weight is 316 g/mol. The van der Waals surface area contributed by atoms with Gasteiger partial charge in [-0.05, 0) is 24.3 Å². The van der Waals surface area contributed by atoms with E-state index in [2.05, 4.69) is 10.6 Å². The molecule has 0 radical (unpaired) electrons. The number of anilines is 2. The number of nitrogens with one attached hydrogen (secondary N) is 2. The van der Waals surface area contributed by atoms with Crippen molar-refractivity contribution < 1.29 is 23.7 Å². The van der Waals surface area contributed by atoms with Crippen molar-refractivity contribution in [3.8, 4) is 23.0 Å². The van der Waals surface area contributed by atoms with Gasteiger partial charge < -0.3 is 29.6 Å². The molecule has 3 rings (SSSR count). The van der Waals surface area contributed by atoms with Gasteiger partial charge in [-0.3, -0.25) is 0 Å². The Morgan fingerprint density at radius 3 is 2.30 bits per heavy atom. The standard InChI is InChI=1S/C16H16N2O5/c1-20-12-5-3-10(7-14(12)21-2)17-16(19)18-11-4-6-13-15(8-11)23-9-22-13/h3-8H,9H2,1-2H3,(H2,17,18,19). The van der Waals surface area contributed by atoms with Crippen LogP contribution in [0.3, 0.4) is 0 Å². The van der Waals surface area contributed by atoms with E-state index in [0.29, 0.717) is 34.4 Å². The Labute approximate surface area is 133 Å². The van der Waals surface area contributed by atoms with E-state index in [1.54, 1.807) is 43.5 Å². The van der Waals surface area contributed by atoms with Crippen LogP contribution in [0.2, 0.25) is 0 Å². The van der Waals surface area contributed by atoms with Crippen LogP contribution in [-0.2, 0) is 0 Å². The minimum Gasteiger partial charge on any atom is -0.493 e. The minimum atomic E-state index is -0.379. The van der Waals surface area contributed by atoms with Crippen LogP contribution in [-0.4, -0.2) is 27.0 Å². The molecular formula is C16H16N2O5. The van der Waals surface area contributed by atoms with Crippen molar-refractivity contribution in [1.29, 1.82) is 0 Å². The van der Waals surface area contributed by atoms with Crippen LogP contribution < -0.4 is 29.6 Å². The first-order valence-electron chi connectivity index (χ1n) is 6.89. The first kappa shape index (κ1) is 14.8. The molecule has 1 aliphatic heterocycles. The van der Waals surface area contributed by atoms with Crippen molar-refractivity contribution in [1.82, 2.24) is 0 Å². The van der Waals surface area contributed by atoms with Crippen molar-refractivity contribution >= 4 is 17.4 Å². The molecular weight excluding hydrogens is 300 g/mol. The Bertz CT molecular complexity index is 732. The Morgan fingerprint density at radius 2 is 1.57 bits per heavy atom.